The third-order valence-corrected chi connectivity index (χ3v) is 4.65. The Bertz CT molecular complexity index is 1430. The number of imidazole rings is 1. The molecule has 0 radical (unpaired) electrons. The number of nitro groups is 1. The van der Waals surface area contributed by atoms with Crippen molar-refractivity contribution in [1.82, 2.24) is 18.5 Å². The molecule has 0 N–H and O–H groups in total. The Morgan fingerprint density at radius 2 is 2.06 bits per heavy atom. The molecule has 12 heteroatoms. The van der Waals surface area contributed by atoms with Crippen molar-refractivity contribution in [2.45, 2.75) is 6.92 Å². The number of ether oxygens (including phenoxy) is 2. The van der Waals surface area contributed by atoms with Crippen LogP contribution in [0.3, 0.4) is 0 Å². The first kappa shape index (κ1) is 19.8. The second-order valence-electron chi connectivity index (χ2n) is 6.48. The van der Waals surface area contributed by atoms with E-state index in [0.717, 1.165) is 0 Å². The Morgan fingerprint density at radius 3 is 2.71 bits per heavy atom. The lowest BCUT2D eigenvalue weighted by molar-refractivity contribution is -0.384. The molecule has 0 bridgehead atoms. The van der Waals surface area contributed by atoms with Crippen molar-refractivity contribution in [1.29, 1.82) is 0 Å². The highest BCUT2D eigenvalue weighted by Gasteiger charge is 2.22. The van der Waals surface area contributed by atoms with Crippen molar-refractivity contribution in [3.05, 3.63) is 62.8 Å². The lowest BCUT2D eigenvalue weighted by Gasteiger charge is -2.11. The van der Waals surface area contributed by atoms with Crippen LogP contribution in [0, 0.1) is 10.1 Å². The second-order valence-corrected chi connectivity index (χ2v) is 6.48. The summed E-state index contributed by atoms with van der Waals surface area (Å²) in [6, 6.07) is 4.27. The number of rotatable bonds is 5. The summed E-state index contributed by atoms with van der Waals surface area (Å²) in [6.45, 7) is 1.71. The van der Waals surface area contributed by atoms with Gasteiger partial charge in [-0.1, -0.05) is 0 Å². The van der Waals surface area contributed by atoms with E-state index in [1.165, 1.54) is 57.4 Å². The lowest BCUT2D eigenvalue weighted by Crippen LogP contribution is -2.20. The maximum Gasteiger partial charge on any atom is 0.515 e. The van der Waals surface area contributed by atoms with Crippen molar-refractivity contribution in [2.24, 2.45) is 7.05 Å². The molecule has 0 unspecified atom stereocenters. The van der Waals surface area contributed by atoms with Crippen LogP contribution in [0.2, 0.25) is 0 Å². The van der Waals surface area contributed by atoms with Gasteiger partial charge in [-0.05, 0) is 19.1 Å². The minimum Gasteiger partial charge on any atom is -0.434 e. The topological polar surface area (TPSA) is 140 Å². The summed E-state index contributed by atoms with van der Waals surface area (Å²) in [7, 11) is 1.45. The number of carbonyl (C=O) groups excluding carboxylic acids is 2. The van der Waals surface area contributed by atoms with E-state index in [-0.39, 0.29) is 35.0 Å². The zero-order valence-corrected chi connectivity index (χ0v) is 16.3. The Labute approximate surface area is 173 Å². The van der Waals surface area contributed by atoms with E-state index in [1.54, 1.807) is 6.92 Å². The average Bonchev–Trinajstić information content (AvgIpc) is 3.38. The SMILES string of the molecule is CCOC(=O)Oc1cn2c(n1)c(=O)n(C)c1cc([N+](=O)[O-])c(-n3ccc(C=O)c3)cc12. The first-order chi connectivity index (χ1) is 14.8. The average molecular weight is 425 g/mol. The molecule has 1 aromatic carbocycles. The third kappa shape index (κ3) is 3.29. The maximum atomic E-state index is 12.7. The van der Waals surface area contributed by atoms with Crippen LogP contribution in [-0.4, -0.2) is 42.5 Å². The van der Waals surface area contributed by atoms with E-state index in [1.807, 2.05) is 0 Å². The van der Waals surface area contributed by atoms with E-state index < -0.39 is 16.6 Å². The maximum absolute atomic E-state index is 12.7. The second kappa shape index (κ2) is 7.40. The van der Waals surface area contributed by atoms with Gasteiger partial charge in [0, 0.05) is 31.1 Å². The van der Waals surface area contributed by atoms with Crippen molar-refractivity contribution in [3.63, 3.8) is 0 Å². The normalized spacial score (nSPS) is 11.0. The predicted octanol–water partition coefficient (Wildman–Crippen LogP) is 2.23. The molecule has 0 aliphatic heterocycles. The molecule has 0 atom stereocenters. The predicted molar refractivity (Wildman–Crippen MR) is 107 cm³/mol. The Balaban J connectivity index is 2.01. The summed E-state index contributed by atoms with van der Waals surface area (Å²) in [5.74, 6) is -0.160. The van der Waals surface area contributed by atoms with Crippen LogP contribution in [-0.2, 0) is 11.8 Å². The van der Waals surface area contributed by atoms with Gasteiger partial charge in [0.15, 0.2) is 6.29 Å². The van der Waals surface area contributed by atoms with E-state index in [9.17, 15) is 24.5 Å². The zero-order valence-electron chi connectivity index (χ0n) is 16.3. The largest absolute Gasteiger partial charge is 0.515 e. The molecule has 31 heavy (non-hydrogen) atoms. The van der Waals surface area contributed by atoms with Crippen molar-refractivity contribution >= 4 is 34.8 Å². The number of benzene rings is 1. The van der Waals surface area contributed by atoms with Gasteiger partial charge in [-0.3, -0.25) is 24.1 Å². The lowest BCUT2D eigenvalue weighted by atomic mass is 10.2. The van der Waals surface area contributed by atoms with Gasteiger partial charge >= 0.3 is 6.16 Å². The molecule has 12 nitrogen and oxygen atoms in total. The number of carbonyl (C=O) groups is 2. The number of nitrogens with zero attached hydrogens (tertiary/aromatic N) is 5. The van der Waals surface area contributed by atoms with Crippen LogP contribution in [0.15, 0.2) is 41.6 Å². The van der Waals surface area contributed by atoms with Crippen LogP contribution < -0.4 is 10.3 Å². The molecule has 0 amide bonds. The number of nitro benzene ring substituents is 1. The minimum atomic E-state index is -0.975. The Morgan fingerprint density at radius 1 is 1.29 bits per heavy atom. The Kier molecular flexibility index (Phi) is 4.73. The van der Waals surface area contributed by atoms with E-state index in [0.29, 0.717) is 17.4 Å². The van der Waals surface area contributed by atoms with Crippen molar-refractivity contribution in [3.8, 4) is 11.6 Å². The summed E-state index contributed by atoms with van der Waals surface area (Å²) < 4.78 is 13.7. The van der Waals surface area contributed by atoms with Gasteiger partial charge in [0.25, 0.3) is 11.2 Å². The van der Waals surface area contributed by atoms with Gasteiger partial charge in [-0.2, -0.15) is 4.98 Å². The summed E-state index contributed by atoms with van der Waals surface area (Å²) >= 11 is 0. The molecule has 4 aromatic rings. The van der Waals surface area contributed by atoms with Crippen LogP contribution in [0.1, 0.15) is 17.3 Å². The molecule has 0 spiro atoms. The molecule has 3 aromatic heterocycles. The van der Waals surface area contributed by atoms with E-state index in [2.05, 4.69) is 4.98 Å². The van der Waals surface area contributed by atoms with Crippen LogP contribution in [0.25, 0.3) is 22.4 Å². The van der Waals surface area contributed by atoms with Crippen LogP contribution >= 0.6 is 0 Å². The number of aromatic nitrogens is 4. The monoisotopic (exact) mass is 425 g/mol. The number of aryl methyl sites for hydroxylation is 1. The fraction of sp³-hybridized carbons (Fsp3) is 0.158. The highest BCUT2D eigenvalue weighted by molar-refractivity contribution is 5.85. The molecule has 4 rings (SSSR count). The van der Waals surface area contributed by atoms with Gasteiger partial charge in [0.1, 0.15) is 5.69 Å². The number of aldehydes is 1. The Hall–Kier alpha value is -4.48. The summed E-state index contributed by atoms with van der Waals surface area (Å²) in [6.07, 6.45) is 3.93. The van der Waals surface area contributed by atoms with Gasteiger partial charge in [0.2, 0.25) is 11.5 Å². The summed E-state index contributed by atoms with van der Waals surface area (Å²) in [4.78, 5) is 50.5. The number of hydrogen-bond donors (Lipinski definition) is 0. The summed E-state index contributed by atoms with van der Waals surface area (Å²) in [5, 5.41) is 11.7. The summed E-state index contributed by atoms with van der Waals surface area (Å²) in [5.41, 5.74) is 0.312. The smallest absolute Gasteiger partial charge is 0.434 e. The fourth-order valence-electron chi connectivity index (χ4n) is 3.24. The third-order valence-electron chi connectivity index (χ3n) is 4.65. The molecule has 0 saturated carbocycles. The molecule has 0 saturated heterocycles. The molecule has 0 aliphatic rings. The standard InChI is InChI=1S/C19H15N5O7/c1-3-30-19(27)31-16-9-23-14-7-13(22-5-4-11(8-22)10-25)15(24(28)29)6-12(14)21(2)18(26)17(23)20-16/h4-10H,3H2,1-2H3. The van der Waals surface area contributed by atoms with Crippen LogP contribution in [0.4, 0.5) is 10.5 Å². The fourth-order valence-corrected chi connectivity index (χ4v) is 3.24. The quantitative estimate of drug-likeness (QED) is 0.205. The number of hydrogen-bond acceptors (Lipinski definition) is 8. The molecular formula is C19H15N5O7. The van der Waals surface area contributed by atoms with E-state index >= 15 is 0 Å². The van der Waals surface area contributed by atoms with Crippen molar-refractivity contribution in [2.75, 3.05) is 6.61 Å². The molecule has 158 valence electrons. The first-order valence-corrected chi connectivity index (χ1v) is 9.02. The molecule has 3 heterocycles. The van der Waals surface area contributed by atoms with Gasteiger partial charge in [0.05, 0.1) is 28.8 Å². The first-order valence-electron chi connectivity index (χ1n) is 9.02. The minimum absolute atomic E-state index is 0.0461. The highest BCUT2D eigenvalue weighted by Crippen LogP contribution is 2.30. The van der Waals surface area contributed by atoms with Gasteiger partial charge in [-0.25, -0.2) is 4.79 Å². The zero-order chi connectivity index (χ0) is 22.3. The van der Waals surface area contributed by atoms with Crippen molar-refractivity contribution < 1.29 is 24.0 Å². The van der Waals surface area contributed by atoms with E-state index in [4.69, 9.17) is 9.47 Å². The molecular weight excluding hydrogens is 410 g/mol. The molecule has 0 fully saturated rings. The van der Waals surface area contributed by atoms with Gasteiger partial charge < -0.3 is 18.6 Å². The number of fused-ring (bicyclic) bond motifs is 3. The highest BCUT2D eigenvalue weighted by atomic mass is 16.7. The molecule has 0 aliphatic carbocycles. The van der Waals surface area contributed by atoms with Gasteiger partial charge in [-0.15, -0.1) is 0 Å². The van der Waals surface area contributed by atoms with Crippen LogP contribution in [0.5, 0.6) is 5.88 Å².